The van der Waals surface area contributed by atoms with Gasteiger partial charge in [0.15, 0.2) is 0 Å². The van der Waals surface area contributed by atoms with Gasteiger partial charge in [0, 0.05) is 30.0 Å². The Morgan fingerprint density at radius 3 is 2.46 bits per heavy atom. The van der Waals surface area contributed by atoms with Crippen LogP contribution in [0.1, 0.15) is 49.3 Å². The number of carbonyl (C=O) groups excluding carboxylic acids is 1. The molecule has 0 spiro atoms. The maximum atomic E-state index is 13.4. The standard InChI is InChI=1S/C23H25Cl2N2O/c1-15(28)27(16-8-9-20(24)21(25)12-16)22-13-19(22)17-6-2-3-7-18(17)23(27)14-26-10-4-5-11-26/h2-3,6-9,12,19,22-23H,4-5,10-11,13-14H2,1H3/q+1. The minimum Gasteiger partial charge on any atom is -0.297 e. The van der Waals surface area contributed by atoms with Crippen LogP contribution >= 0.6 is 23.2 Å². The van der Waals surface area contributed by atoms with E-state index in [0.29, 0.717) is 20.4 Å². The summed E-state index contributed by atoms with van der Waals surface area (Å²) in [6, 6.07) is 14.9. The molecule has 2 heterocycles. The Morgan fingerprint density at radius 1 is 1.07 bits per heavy atom. The zero-order valence-electron chi connectivity index (χ0n) is 16.1. The topological polar surface area (TPSA) is 20.3 Å². The molecule has 2 fully saturated rings. The van der Waals surface area contributed by atoms with E-state index < -0.39 is 0 Å². The van der Waals surface area contributed by atoms with Crippen LogP contribution in [0.2, 0.25) is 10.0 Å². The van der Waals surface area contributed by atoms with Gasteiger partial charge in [0.2, 0.25) is 0 Å². The molecular formula is C23H25Cl2N2O+. The summed E-state index contributed by atoms with van der Waals surface area (Å²) in [5, 5.41) is 1.06. The number of hydrogen-bond donors (Lipinski definition) is 0. The number of benzene rings is 2. The van der Waals surface area contributed by atoms with Crippen molar-refractivity contribution in [3.8, 4) is 0 Å². The summed E-state index contributed by atoms with van der Waals surface area (Å²) in [4.78, 5) is 16.0. The van der Waals surface area contributed by atoms with Crippen LogP contribution in [-0.4, -0.2) is 36.5 Å². The Balaban J connectivity index is 1.71. The van der Waals surface area contributed by atoms with Gasteiger partial charge in [0.25, 0.3) is 0 Å². The van der Waals surface area contributed by atoms with Gasteiger partial charge >= 0.3 is 5.91 Å². The molecule has 5 heteroatoms. The lowest BCUT2D eigenvalue weighted by Gasteiger charge is -2.46. The monoisotopic (exact) mass is 415 g/mol. The number of carbonyl (C=O) groups is 1. The lowest BCUT2D eigenvalue weighted by molar-refractivity contribution is -0.132. The molecule has 5 rings (SSSR count). The molecule has 3 aliphatic rings. The second-order valence-electron chi connectivity index (χ2n) is 8.46. The first-order chi connectivity index (χ1) is 13.5. The normalized spacial score (nSPS) is 31.3. The number of likely N-dealkylation sites (tertiary alicyclic amines) is 1. The quantitative estimate of drug-likeness (QED) is 0.611. The highest BCUT2D eigenvalue weighted by Gasteiger charge is 2.66. The van der Waals surface area contributed by atoms with E-state index in [9.17, 15) is 4.79 Å². The van der Waals surface area contributed by atoms with Crippen molar-refractivity contribution < 1.29 is 4.79 Å². The molecule has 2 aromatic carbocycles. The number of quaternary nitrogens is 1. The first-order valence-corrected chi connectivity index (χ1v) is 11.0. The number of fused-ring (bicyclic) bond motifs is 3. The third kappa shape index (κ3) is 2.68. The maximum absolute atomic E-state index is 13.4. The predicted octanol–water partition coefficient (Wildman–Crippen LogP) is 5.55. The zero-order valence-corrected chi connectivity index (χ0v) is 17.6. The number of rotatable bonds is 3. The molecule has 4 atom stereocenters. The van der Waals surface area contributed by atoms with Gasteiger partial charge in [-0.05, 0) is 37.6 Å². The van der Waals surface area contributed by atoms with E-state index >= 15 is 0 Å². The van der Waals surface area contributed by atoms with Crippen LogP contribution in [0, 0.1) is 0 Å². The molecule has 0 aromatic heterocycles. The minimum absolute atomic E-state index is 0.0905. The molecule has 4 unspecified atom stereocenters. The fourth-order valence-electron chi connectivity index (χ4n) is 5.73. The van der Waals surface area contributed by atoms with Gasteiger partial charge in [-0.1, -0.05) is 47.5 Å². The van der Waals surface area contributed by atoms with Gasteiger partial charge in [-0.15, -0.1) is 0 Å². The zero-order chi connectivity index (χ0) is 19.5. The van der Waals surface area contributed by atoms with Crippen molar-refractivity contribution in [1.29, 1.82) is 0 Å². The Bertz CT molecular complexity index is 940. The van der Waals surface area contributed by atoms with Gasteiger partial charge in [0.1, 0.15) is 17.8 Å². The predicted molar refractivity (Wildman–Crippen MR) is 115 cm³/mol. The molecule has 0 bridgehead atoms. The average Bonchev–Trinajstić information content (AvgIpc) is 3.32. The first-order valence-electron chi connectivity index (χ1n) is 10.2. The highest BCUT2D eigenvalue weighted by Crippen LogP contribution is 2.60. The van der Waals surface area contributed by atoms with Crippen LogP contribution in [0.25, 0.3) is 0 Å². The molecule has 1 amide bonds. The summed E-state index contributed by atoms with van der Waals surface area (Å²) >= 11 is 12.6. The van der Waals surface area contributed by atoms with Crippen LogP contribution in [0.15, 0.2) is 42.5 Å². The van der Waals surface area contributed by atoms with Crippen molar-refractivity contribution in [1.82, 2.24) is 9.38 Å². The molecule has 3 nitrogen and oxygen atoms in total. The summed E-state index contributed by atoms with van der Waals surface area (Å²) in [6.07, 6.45) is 3.54. The van der Waals surface area contributed by atoms with Gasteiger partial charge in [0.05, 0.1) is 23.5 Å². The summed E-state index contributed by atoms with van der Waals surface area (Å²) in [6.45, 7) is 4.89. The number of hydrogen-bond acceptors (Lipinski definition) is 2. The third-order valence-corrected chi connectivity index (χ3v) is 7.75. The fraction of sp³-hybridized carbons (Fsp3) is 0.435. The molecule has 2 aromatic rings. The van der Waals surface area contributed by atoms with Crippen molar-refractivity contribution >= 4 is 34.8 Å². The van der Waals surface area contributed by atoms with E-state index in [1.54, 1.807) is 6.92 Å². The number of halogens is 2. The fourth-order valence-corrected chi connectivity index (χ4v) is 6.02. The van der Waals surface area contributed by atoms with Crippen molar-refractivity contribution in [2.75, 3.05) is 19.6 Å². The van der Waals surface area contributed by atoms with Gasteiger partial charge in [-0.25, -0.2) is 9.28 Å². The minimum atomic E-state index is 0.0905. The van der Waals surface area contributed by atoms with Crippen LogP contribution in [-0.2, 0) is 4.79 Å². The van der Waals surface area contributed by atoms with Crippen molar-refractivity contribution in [3.63, 3.8) is 0 Å². The molecule has 0 radical (unpaired) electrons. The van der Waals surface area contributed by atoms with E-state index in [0.717, 1.165) is 31.7 Å². The lowest BCUT2D eigenvalue weighted by Crippen LogP contribution is -2.61. The second-order valence-corrected chi connectivity index (χ2v) is 9.27. The molecule has 2 aliphatic heterocycles. The Labute approximate surface area is 176 Å². The highest BCUT2D eigenvalue weighted by molar-refractivity contribution is 6.42. The van der Waals surface area contributed by atoms with Gasteiger partial charge < -0.3 is 0 Å². The highest BCUT2D eigenvalue weighted by atomic mass is 35.5. The van der Waals surface area contributed by atoms with Gasteiger partial charge in [-0.2, -0.15) is 0 Å². The lowest BCUT2D eigenvalue weighted by atomic mass is 9.88. The van der Waals surface area contributed by atoms with Crippen molar-refractivity contribution in [2.24, 2.45) is 0 Å². The third-order valence-electron chi connectivity index (χ3n) is 7.01. The average molecular weight is 416 g/mol. The van der Waals surface area contributed by atoms with Crippen molar-refractivity contribution in [2.45, 2.75) is 44.2 Å². The Kier molecular flexibility index (Phi) is 4.55. The van der Waals surface area contributed by atoms with E-state index in [4.69, 9.17) is 23.2 Å². The second kappa shape index (κ2) is 6.84. The van der Waals surface area contributed by atoms with Crippen LogP contribution in [0.3, 0.4) is 0 Å². The first kappa shape index (κ1) is 18.6. The summed E-state index contributed by atoms with van der Waals surface area (Å²) in [5.41, 5.74) is 3.74. The molecule has 146 valence electrons. The molecular weight excluding hydrogens is 391 g/mol. The van der Waals surface area contributed by atoms with E-state index in [1.165, 1.54) is 24.0 Å². The van der Waals surface area contributed by atoms with Crippen molar-refractivity contribution in [3.05, 3.63) is 63.6 Å². The smallest absolute Gasteiger partial charge is 0.297 e. The van der Waals surface area contributed by atoms with E-state index in [1.807, 2.05) is 18.2 Å². The molecule has 1 saturated heterocycles. The summed E-state index contributed by atoms with van der Waals surface area (Å²) in [7, 11) is 0. The summed E-state index contributed by atoms with van der Waals surface area (Å²) < 4.78 is 0.370. The van der Waals surface area contributed by atoms with Crippen LogP contribution in [0.5, 0.6) is 0 Å². The van der Waals surface area contributed by atoms with Crippen LogP contribution in [0.4, 0.5) is 5.69 Å². The summed E-state index contributed by atoms with van der Waals surface area (Å²) in [5.74, 6) is 0.647. The number of amides is 1. The molecule has 0 N–H and O–H groups in total. The maximum Gasteiger partial charge on any atom is 0.316 e. The SMILES string of the molecule is CC(=O)[N+]1(c2ccc(Cl)c(Cl)c2)C(CN2CCCC2)c2ccccc2C2CC21. The molecule has 1 saturated carbocycles. The Morgan fingerprint density at radius 2 is 1.79 bits per heavy atom. The van der Waals surface area contributed by atoms with Crippen LogP contribution < -0.4 is 4.48 Å². The molecule has 1 aliphatic carbocycles. The van der Waals surface area contributed by atoms with Gasteiger partial charge in [-0.3, -0.25) is 4.90 Å². The molecule has 28 heavy (non-hydrogen) atoms. The Hall–Kier alpha value is -1.39. The number of nitrogens with zero attached hydrogens (tertiary/aromatic N) is 2. The largest absolute Gasteiger partial charge is 0.316 e. The van der Waals surface area contributed by atoms with E-state index in [2.05, 4.69) is 29.2 Å². The van der Waals surface area contributed by atoms with E-state index in [-0.39, 0.29) is 18.0 Å².